The fourth-order valence-electron chi connectivity index (χ4n) is 5.17. The molecule has 0 spiro atoms. The van der Waals surface area contributed by atoms with Gasteiger partial charge in [-0.3, -0.25) is 0 Å². The van der Waals surface area contributed by atoms with E-state index in [1.807, 2.05) is 18.2 Å². The van der Waals surface area contributed by atoms with Crippen molar-refractivity contribution < 1.29 is 13.5 Å². The van der Waals surface area contributed by atoms with Crippen molar-refractivity contribution in [2.24, 2.45) is 0 Å². The molecule has 0 radical (unpaired) electrons. The lowest BCUT2D eigenvalue weighted by atomic mass is 9.97. The zero-order valence-corrected chi connectivity index (χ0v) is 22.6. The third kappa shape index (κ3) is 8.18. The fourth-order valence-corrected chi connectivity index (χ4v) is 5.17. The van der Waals surface area contributed by atoms with E-state index in [2.05, 4.69) is 13.8 Å². The zero-order chi connectivity index (χ0) is 25.6. The Labute approximate surface area is 217 Å². The molecule has 3 aromatic rings. The van der Waals surface area contributed by atoms with E-state index in [0.717, 1.165) is 48.4 Å². The van der Waals surface area contributed by atoms with Crippen LogP contribution in [-0.2, 0) is 6.42 Å². The van der Waals surface area contributed by atoms with Gasteiger partial charge in [-0.15, -0.1) is 0 Å². The summed E-state index contributed by atoms with van der Waals surface area (Å²) < 4.78 is 36.3. The molecule has 3 aromatic carbocycles. The van der Waals surface area contributed by atoms with Gasteiger partial charge < -0.3 is 4.74 Å². The summed E-state index contributed by atoms with van der Waals surface area (Å²) in [5, 5.41) is 2.58. The first-order valence-electron chi connectivity index (χ1n) is 14.6. The number of aryl methyl sites for hydroxylation is 1. The van der Waals surface area contributed by atoms with Crippen LogP contribution in [0.1, 0.15) is 116 Å². The summed E-state index contributed by atoms with van der Waals surface area (Å²) in [7, 11) is 0. The number of fused-ring (bicyclic) bond motifs is 3. The van der Waals surface area contributed by atoms with Crippen molar-refractivity contribution in [1.82, 2.24) is 0 Å². The van der Waals surface area contributed by atoms with Crippen LogP contribution in [0.5, 0.6) is 5.75 Å². The highest BCUT2D eigenvalue weighted by molar-refractivity contribution is 6.08. The Kier molecular flexibility index (Phi) is 12.5. The summed E-state index contributed by atoms with van der Waals surface area (Å²) in [5.41, 5.74) is 0.765. The monoisotopic (exact) mass is 496 g/mol. The van der Waals surface area contributed by atoms with E-state index >= 15 is 8.78 Å². The van der Waals surface area contributed by atoms with Crippen molar-refractivity contribution in [2.45, 2.75) is 117 Å². The van der Waals surface area contributed by atoms with Crippen LogP contribution in [0.2, 0.25) is 0 Å². The summed E-state index contributed by atoms with van der Waals surface area (Å²) in [6.07, 6.45) is 19.1. The van der Waals surface area contributed by atoms with E-state index in [1.54, 1.807) is 18.2 Å². The molecular formula is C33H46F2O. The lowest BCUT2D eigenvalue weighted by Crippen LogP contribution is -2.00. The number of hydrogen-bond acceptors (Lipinski definition) is 1. The van der Waals surface area contributed by atoms with E-state index in [9.17, 15) is 0 Å². The minimum Gasteiger partial charge on any atom is -0.490 e. The number of rotatable bonds is 18. The van der Waals surface area contributed by atoms with Crippen molar-refractivity contribution in [2.75, 3.05) is 6.61 Å². The average Bonchev–Trinajstić information content (AvgIpc) is 2.89. The van der Waals surface area contributed by atoms with Crippen molar-refractivity contribution in [3.63, 3.8) is 0 Å². The minimum absolute atomic E-state index is 0.157. The van der Waals surface area contributed by atoms with Gasteiger partial charge in [-0.2, -0.15) is 0 Å². The predicted molar refractivity (Wildman–Crippen MR) is 151 cm³/mol. The third-order valence-electron chi connectivity index (χ3n) is 7.42. The molecule has 1 nitrogen and oxygen atoms in total. The summed E-state index contributed by atoms with van der Waals surface area (Å²) in [6, 6.07) is 10.9. The van der Waals surface area contributed by atoms with Crippen LogP contribution in [0.4, 0.5) is 8.78 Å². The topological polar surface area (TPSA) is 9.23 Å². The van der Waals surface area contributed by atoms with E-state index in [1.165, 1.54) is 70.6 Å². The maximum Gasteiger partial charge on any atom is 0.172 e. The van der Waals surface area contributed by atoms with Crippen LogP contribution in [0.3, 0.4) is 0 Å². The van der Waals surface area contributed by atoms with E-state index in [-0.39, 0.29) is 11.6 Å². The van der Waals surface area contributed by atoms with E-state index in [4.69, 9.17) is 4.74 Å². The minimum atomic E-state index is -0.346. The number of unbranched alkanes of at least 4 members (excludes halogenated alkanes) is 13. The maximum absolute atomic E-state index is 15.3. The fraction of sp³-hybridized carbons (Fsp3) is 0.576. The third-order valence-corrected chi connectivity index (χ3v) is 7.42. The second kappa shape index (κ2) is 15.8. The molecule has 3 heteroatoms. The van der Waals surface area contributed by atoms with Gasteiger partial charge in [0.2, 0.25) is 0 Å². The Hall–Kier alpha value is -2.16. The SMILES string of the molecule is CCCCCCCCCCOc1ccc2c(ccc3c(F)c(CCCCCCCCC)ccc32)c1F. The first kappa shape index (κ1) is 28.4. The molecule has 0 N–H and O–H groups in total. The van der Waals surface area contributed by atoms with Crippen molar-refractivity contribution in [3.05, 3.63) is 53.6 Å². The molecule has 0 aliphatic heterocycles. The van der Waals surface area contributed by atoms with Crippen LogP contribution in [0, 0.1) is 11.6 Å². The highest BCUT2D eigenvalue weighted by Crippen LogP contribution is 2.34. The second-order valence-electron chi connectivity index (χ2n) is 10.4. The highest BCUT2D eigenvalue weighted by Gasteiger charge is 2.14. The molecule has 0 aromatic heterocycles. The lowest BCUT2D eigenvalue weighted by Gasteiger charge is -2.12. The first-order valence-corrected chi connectivity index (χ1v) is 14.6. The molecule has 0 unspecified atom stereocenters. The molecule has 0 aliphatic carbocycles. The maximum atomic E-state index is 15.3. The van der Waals surface area contributed by atoms with Gasteiger partial charge in [0.05, 0.1) is 6.61 Å². The Morgan fingerprint density at radius 3 is 1.58 bits per heavy atom. The quantitative estimate of drug-likeness (QED) is 0.126. The van der Waals surface area contributed by atoms with Crippen LogP contribution >= 0.6 is 0 Å². The Bertz CT molecular complexity index is 1060. The van der Waals surface area contributed by atoms with Gasteiger partial charge in [0, 0.05) is 10.8 Å². The van der Waals surface area contributed by atoms with Gasteiger partial charge in [0.25, 0.3) is 0 Å². The van der Waals surface area contributed by atoms with Crippen LogP contribution < -0.4 is 4.74 Å². The molecule has 198 valence electrons. The molecular weight excluding hydrogens is 450 g/mol. The van der Waals surface area contributed by atoms with Gasteiger partial charge in [-0.1, -0.05) is 122 Å². The average molecular weight is 497 g/mol. The number of hydrogen-bond donors (Lipinski definition) is 0. The van der Waals surface area contributed by atoms with Crippen molar-refractivity contribution in [1.29, 1.82) is 0 Å². The molecule has 0 bridgehead atoms. The predicted octanol–water partition coefficient (Wildman–Crippen LogP) is 11.1. The van der Waals surface area contributed by atoms with E-state index in [0.29, 0.717) is 23.1 Å². The van der Waals surface area contributed by atoms with Crippen LogP contribution in [0.25, 0.3) is 21.5 Å². The molecule has 36 heavy (non-hydrogen) atoms. The first-order chi connectivity index (χ1) is 17.7. The summed E-state index contributed by atoms with van der Waals surface area (Å²) in [5.74, 6) is -0.210. The smallest absolute Gasteiger partial charge is 0.172 e. The van der Waals surface area contributed by atoms with E-state index < -0.39 is 0 Å². The standard InChI is InChI=1S/C33H46F2O/c1-3-5-7-9-11-13-15-17-25-36-31-24-23-28-27-20-19-26(18-16-14-12-10-8-6-4-2)32(34)29(27)21-22-30(28)33(31)35/h19-24H,3-18,25H2,1-2H3. The Morgan fingerprint density at radius 2 is 0.972 bits per heavy atom. The van der Waals surface area contributed by atoms with Crippen molar-refractivity contribution in [3.8, 4) is 5.75 Å². The lowest BCUT2D eigenvalue weighted by molar-refractivity contribution is 0.291. The van der Waals surface area contributed by atoms with Gasteiger partial charge in [0.1, 0.15) is 5.82 Å². The molecule has 3 rings (SSSR count). The van der Waals surface area contributed by atoms with Crippen LogP contribution in [-0.4, -0.2) is 6.61 Å². The Morgan fingerprint density at radius 1 is 0.500 bits per heavy atom. The zero-order valence-electron chi connectivity index (χ0n) is 22.6. The molecule has 0 atom stereocenters. The van der Waals surface area contributed by atoms with Crippen LogP contribution in [0.15, 0.2) is 36.4 Å². The highest BCUT2D eigenvalue weighted by atomic mass is 19.1. The molecule has 0 saturated heterocycles. The second-order valence-corrected chi connectivity index (χ2v) is 10.4. The largest absolute Gasteiger partial charge is 0.490 e. The van der Waals surface area contributed by atoms with Crippen molar-refractivity contribution >= 4 is 21.5 Å². The molecule has 0 heterocycles. The van der Waals surface area contributed by atoms with Gasteiger partial charge in [-0.25, -0.2) is 8.78 Å². The van der Waals surface area contributed by atoms with Gasteiger partial charge in [0.15, 0.2) is 11.6 Å². The Balaban J connectivity index is 1.56. The number of benzene rings is 3. The summed E-state index contributed by atoms with van der Waals surface area (Å²) >= 11 is 0. The van der Waals surface area contributed by atoms with Gasteiger partial charge >= 0.3 is 0 Å². The van der Waals surface area contributed by atoms with Gasteiger partial charge in [-0.05, 0) is 47.7 Å². The molecule has 0 saturated carbocycles. The normalized spacial score (nSPS) is 11.6. The molecule has 0 amide bonds. The number of ether oxygens (including phenoxy) is 1. The number of halogens is 2. The summed E-state index contributed by atoms with van der Waals surface area (Å²) in [6.45, 7) is 4.99. The molecule has 0 aliphatic rings. The molecule has 0 fully saturated rings. The summed E-state index contributed by atoms with van der Waals surface area (Å²) in [4.78, 5) is 0.